The van der Waals surface area contributed by atoms with E-state index in [0.717, 1.165) is 62.9 Å². The van der Waals surface area contributed by atoms with E-state index in [2.05, 4.69) is 20.6 Å². The quantitative estimate of drug-likeness (QED) is 0.514. The van der Waals surface area contributed by atoms with Crippen molar-refractivity contribution in [2.45, 2.75) is 76.4 Å². The number of aliphatic hydroxyl groups excluding tert-OH is 1. The van der Waals surface area contributed by atoms with Gasteiger partial charge in [0.05, 0.1) is 6.10 Å². The first-order valence-corrected chi connectivity index (χ1v) is 10.9. The van der Waals surface area contributed by atoms with Crippen molar-refractivity contribution in [1.82, 2.24) is 25.5 Å². The molecule has 2 atom stereocenters. The van der Waals surface area contributed by atoms with Gasteiger partial charge in [-0.2, -0.15) is 5.21 Å². The van der Waals surface area contributed by atoms with Gasteiger partial charge >= 0.3 is 0 Å². The molecule has 1 saturated heterocycles. The minimum absolute atomic E-state index is 0.256. The Morgan fingerprint density at radius 3 is 2.93 bits per heavy atom. The lowest BCUT2D eigenvalue weighted by Crippen LogP contribution is -2.34. The average Bonchev–Trinajstić information content (AvgIpc) is 3.33. The van der Waals surface area contributed by atoms with Gasteiger partial charge in [-0.1, -0.05) is 41.8 Å². The van der Waals surface area contributed by atoms with Gasteiger partial charge in [-0.15, -0.1) is 10.2 Å². The molecule has 1 fully saturated rings. The van der Waals surface area contributed by atoms with E-state index in [1.54, 1.807) is 0 Å². The van der Waals surface area contributed by atoms with Crippen LogP contribution in [0.15, 0.2) is 24.3 Å². The summed E-state index contributed by atoms with van der Waals surface area (Å²) in [5, 5.41) is 25.0. The summed E-state index contributed by atoms with van der Waals surface area (Å²) in [6, 6.07) is 7.89. The summed E-state index contributed by atoms with van der Waals surface area (Å²) in [6.07, 6.45) is 8.35. The Hall–Kier alpha value is -1.99. The highest BCUT2D eigenvalue weighted by atomic mass is 35.5. The lowest BCUT2D eigenvalue weighted by atomic mass is 10.0. The van der Waals surface area contributed by atoms with E-state index in [0.29, 0.717) is 24.3 Å². The number of aryl methyl sites for hydroxylation is 1. The monoisotopic (exact) mass is 419 g/mol. The topological polar surface area (TPSA) is 95.0 Å². The minimum atomic E-state index is -0.406. The van der Waals surface area contributed by atoms with Crippen LogP contribution in [0.4, 0.5) is 0 Å². The van der Waals surface area contributed by atoms with Crippen LogP contribution in [0.5, 0.6) is 0 Å². The SMILES string of the molecule is O=C1CCC(CC[C@@H](O)Cc2cccc(Cl)c2)N1CCCCCCc1nn[nH]n1. The molecule has 8 heteroatoms. The second-order valence-electron chi connectivity index (χ2n) is 7.84. The summed E-state index contributed by atoms with van der Waals surface area (Å²) in [6.45, 7) is 0.816. The summed E-state index contributed by atoms with van der Waals surface area (Å²) in [5.41, 5.74) is 1.05. The van der Waals surface area contributed by atoms with Crippen LogP contribution in [0, 0.1) is 0 Å². The molecular weight excluding hydrogens is 390 g/mol. The highest BCUT2D eigenvalue weighted by Gasteiger charge is 2.30. The smallest absolute Gasteiger partial charge is 0.222 e. The van der Waals surface area contributed by atoms with Crippen LogP contribution < -0.4 is 0 Å². The van der Waals surface area contributed by atoms with Crippen LogP contribution in [0.25, 0.3) is 0 Å². The molecule has 1 amide bonds. The van der Waals surface area contributed by atoms with E-state index < -0.39 is 6.10 Å². The number of nitrogens with zero attached hydrogens (tertiary/aromatic N) is 4. The number of hydrogen-bond donors (Lipinski definition) is 2. The molecule has 2 aromatic rings. The molecule has 0 spiro atoms. The van der Waals surface area contributed by atoms with Gasteiger partial charge in [0.15, 0.2) is 5.82 Å². The van der Waals surface area contributed by atoms with Gasteiger partial charge < -0.3 is 10.0 Å². The largest absolute Gasteiger partial charge is 0.393 e. The average molecular weight is 420 g/mol. The molecule has 0 saturated carbocycles. The van der Waals surface area contributed by atoms with E-state index in [9.17, 15) is 9.90 Å². The summed E-state index contributed by atoms with van der Waals surface area (Å²) in [7, 11) is 0. The zero-order valence-electron chi connectivity index (χ0n) is 16.8. The number of carbonyl (C=O) groups excluding carboxylic acids is 1. The van der Waals surface area contributed by atoms with Crippen molar-refractivity contribution in [1.29, 1.82) is 0 Å². The van der Waals surface area contributed by atoms with Gasteiger partial charge in [0.25, 0.3) is 0 Å². The number of aromatic nitrogens is 4. The van der Waals surface area contributed by atoms with Gasteiger partial charge in [0.2, 0.25) is 5.91 Å². The van der Waals surface area contributed by atoms with Crippen molar-refractivity contribution in [2.24, 2.45) is 0 Å². The zero-order chi connectivity index (χ0) is 20.5. The summed E-state index contributed by atoms with van der Waals surface area (Å²) < 4.78 is 0. The number of aromatic amines is 1. The van der Waals surface area contributed by atoms with Crippen LogP contribution in [-0.2, 0) is 17.6 Å². The summed E-state index contributed by atoms with van der Waals surface area (Å²) in [5.74, 6) is 1.02. The molecule has 158 valence electrons. The van der Waals surface area contributed by atoms with Gasteiger partial charge in [-0.25, -0.2) is 0 Å². The van der Waals surface area contributed by atoms with Crippen LogP contribution in [0.1, 0.15) is 62.8 Å². The number of unbranched alkanes of at least 4 members (excludes halogenated alkanes) is 3. The predicted octanol–water partition coefficient (Wildman–Crippen LogP) is 3.33. The van der Waals surface area contributed by atoms with Crippen molar-refractivity contribution >= 4 is 17.5 Å². The summed E-state index contributed by atoms with van der Waals surface area (Å²) >= 11 is 6.01. The van der Waals surface area contributed by atoms with Crippen LogP contribution in [0.2, 0.25) is 5.02 Å². The number of likely N-dealkylation sites (tertiary alicyclic amines) is 1. The second kappa shape index (κ2) is 11.3. The van der Waals surface area contributed by atoms with Gasteiger partial charge in [-0.05, 0) is 56.2 Å². The number of tetrazole rings is 1. The molecular formula is C21H30ClN5O2. The van der Waals surface area contributed by atoms with Crippen molar-refractivity contribution in [3.8, 4) is 0 Å². The number of nitrogens with one attached hydrogen (secondary N) is 1. The highest BCUT2D eigenvalue weighted by Crippen LogP contribution is 2.25. The lowest BCUT2D eigenvalue weighted by molar-refractivity contribution is -0.129. The van der Waals surface area contributed by atoms with Crippen LogP contribution >= 0.6 is 11.6 Å². The Labute approximate surface area is 176 Å². The number of benzene rings is 1. The third-order valence-corrected chi connectivity index (χ3v) is 5.82. The Morgan fingerprint density at radius 2 is 2.14 bits per heavy atom. The molecule has 1 aromatic heterocycles. The third kappa shape index (κ3) is 7.08. The number of carbonyl (C=O) groups is 1. The Bertz CT molecular complexity index is 755. The normalized spacial score (nSPS) is 17.8. The molecule has 0 aliphatic carbocycles. The van der Waals surface area contributed by atoms with Crippen LogP contribution in [-0.4, -0.2) is 55.2 Å². The number of H-pyrrole nitrogens is 1. The second-order valence-corrected chi connectivity index (χ2v) is 8.27. The maximum absolute atomic E-state index is 12.3. The highest BCUT2D eigenvalue weighted by molar-refractivity contribution is 6.30. The molecule has 7 nitrogen and oxygen atoms in total. The fourth-order valence-corrected chi connectivity index (χ4v) is 4.24. The van der Waals surface area contributed by atoms with E-state index >= 15 is 0 Å². The van der Waals surface area contributed by atoms with E-state index in [-0.39, 0.29) is 11.9 Å². The molecule has 1 aliphatic heterocycles. The maximum atomic E-state index is 12.3. The summed E-state index contributed by atoms with van der Waals surface area (Å²) in [4.78, 5) is 14.3. The van der Waals surface area contributed by atoms with Crippen molar-refractivity contribution < 1.29 is 9.90 Å². The van der Waals surface area contributed by atoms with Crippen molar-refractivity contribution in [3.63, 3.8) is 0 Å². The molecule has 2 heterocycles. The van der Waals surface area contributed by atoms with E-state index in [4.69, 9.17) is 11.6 Å². The van der Waals surface area contributed by atoms with E-state index in [1.807, 2.05) is 29.2 Å². The first kappa shape index (κ1) is 21.7. The number of halogens is 1. The number of rotatable bonds is 12. The Balaban J connectivity index is 1.33. The number of amides is 1. The lowest BCUT2D eigenvalue weighted by Gasteiger charge is -2.26. The standard InChI is InChI=1S/C21H30ClN5O2/c22-17-7-5-6-16(14-17)15-19(28)11-9-18-10-12-21(29)27(18)13-4-2-1-3-8-20-23-25-26-24-20/h5-7,14,18-19,28H,1-4,8-13,15H2,(H,23,24,25,26)/t18?,19-/m1/s1. The molecule has 0 radical (unpaired) electrons. The molecule has 1 aliphatic rings. The molecule has 1 unspecified atom stereocenters. The van der Waals surface area contributed by atoms with Gasteiger partial charge in [-0.3, -0.25) is 4.79 Å². The molecule has 0 bridgehead atoms. The number of aliphatic hydroxyl groups is 1. The van der Waals surface area contributed by atoms with Crippen molar-refractivity contribution in [3.05, 3.63) is 40.7 Å². The maximum Gasteiger partial charge on any atom is 0.222 e. The fourth-order valence-electron chi connectivity index (χ4n) is 4.03. The Kier molecular flexibility index (Phi) is 8.43. The zero-order valence-corrected chi connectivity index (χ0v) is 17.5. The first-order valence-electron chi connectivity index (χ1n) is 10.6. The molecule has 2 N–H and O–H groups in total. The third-order valence-electron chi connectivity index (χ3n) is 5.58. The van der Waals surface area contributed by atoms with E-state index in [1.165, 1.54) is 0 Å². The van der Waals surface area contributed by atoms with Gasteiger partial charge in [0, 0.05) is 30.5 Å². The van der Waals surface area contributed by atoms with Gasteiger partial charge in [0.1, 0.15) is 0 Å². The molecule has 3 rings (SSSR count). The van der Waals surface area contributed by atoms with Crippen LogP contribution in [0.3, 0.4) is 0 Å². The first-order chi connectivity index (χ1) is 14.1. The molecule has 1 aromatic carbocycles. The minimum Gasteiger partial charge on any atom is -0.393 e. The fraction of sp³-hybridized carbons (Fsp3) is 0.619. The predicted molar refractivity (Wildman–Crippen MR) is 111 cm³/mol. The Morgan fingerprint density at radius 1 is 1.28 bits per heavy atom. The molecule has 29 heavy (non-hydrogen) atoms. The number of hydrogen-bond acceptors (Lipinski definition) is 5. The van der Waals surface area contributed by atoms with Crippen molar-refractivity contribution in [2.75, 3.05) is 6.54 Å².